The quantitative estimate of drug-likeness (QED) is 0.213. The van der Waals surface area contributed by atoms with Gasteiger partial charge in [-0.2, -0.15) is 0 Å². The summed E-state index contributed by atoms with van der Waals surface area (Å²) in [6.45, 7) is 5.74. The normalized spacial score (nSPS) is 21.0. The Balaban J connectivity index is 1.21. The van der Waals surface area contributed by atoms with Crippen LogP contribution in [-0.4, -0.2) is 0 Å². The Morgan fingerprint density at radius 3 is 2.14 bits per heavy atom. The third-order valence-electron chi connectivity index (χ3n) is 9.61. The Morgan fingerprint density at radius 2 is 1.48 bits per heavy atom. The van der Waals surface area contributed by atoms with Crippen LogP contribution in [0.15, 0.2) is 85.5 Å². The molecular formula is C39H43F3. The lowest BCUT2D eigenvalue weighted by molar-refractivity contribution is 0.190. The van der Waals surface area contributed by atoms with Gasteiger partial charge in [-0.3, -0.25) is 0 Å². The molecule has 2 aliphatic rings. The SMILES string of the molecule is C=CCCc1ccc(-c2ccc(-c3ccc(C4=CCC(C5CCC(CC/C=C/C)CC5)CC4)c(F)c3)cc2)c(F)c1F. The third-order valence-corrected chi connectivity index (χ3v) is 9.61. The van der Waals surface area contributed by atoms with Crippen molar-refractivity contribution in [1.82, 2.24) is 0 Å². The summed E-state index contributed by atoms with van der Waals surface area (Å²) in [6.07, 6.45) is 20.5. The predicted molar refractivity (Wildman–Crippen MR) is 171 cm³/mol. The fourth-order valence-corrected chi connectivity index (χ4v) is 7.03. The molecule has 1 unspecified atom stereocenters. The number of hydrogen-bond acceptors (Lipinski definition) is 0. The molecule has 2 aliphatic carbocycles. The molecule has 1 fully saturated rings. The maximum absolute atomic E-state index is 15.4. The van der Waals surface area contributed by atoms with Crippen molar-refractivity contribution < 1.29 is 13.2 Å². The number of hydrogen-bond donors (Lipinski definition) is 0. The molecule has 0 N–H and O–H groups in total. The second kappa shape index (κ2) is 14.2. The molecule has 0 bridgehead atoms. The Hall–Kier alpha value is -3.33. The molecule has 0 aliphatic heterocycles. The van der Waals surface area contributed by atoms with Crippen LogP contribution in [-0.2, 0) is 6.42 Å². The van der Waals surface area contributed by atoms with E-state index in [1.54, 1.807) is 36.4 Å². The van der Waals surface area contributed by atoms with E-state index in [2.05, 4.69) is 31.7 Å². The van der Waals surface area contributed by atoms with Crippen LogP contribution in [0.5, 0.6) is 0 Å². The summed E-state index contributed by atoms with van der Waals surface area (Å²) in [5.41, 5.74) is 4.61. The topological polar surface area (TPSA) is 0 Å². The van der Waals surface area contributed by atoms with Gasteiger partial charge in [-0.15, -0.1) is 6.58 Å². The minimum absolute atomic E-state index is 0.203. The minimum Gasteiger partial charge on any atom is -0.206 e. The Kier molecular flexibility index (Phi) is 10.2. The van der Waals surface area contributed by atoms with Crippen LogP contribution in [0.2, 0.25) is 0 Å². The first-order chi connectivity index (χ1) is 20.5. The molecular weight excluding hydrogens is 525 g/mol. The Labute approximate surface area is 250 Å². The number of benzene rings is 3. The van der Waals surface area contributed by atoms with Gasteiger partial charge >= 0.3 is 0 Å². The average molecular weight is 569 g/mol. The van der Waals surface area contributed by atoms with Crippen LogP contribution in [0.1, 0.15) is 82.3 Å². The monoisotopic (exact) mass is 568 g/mol. The molecule has 1 atom stereocenters. The van der Waals surface area contributed by atoms with Gasteiger partial charge in [0.25, 0.3) is 0 Å². The van der Waals surface area contributed by atoms with Crippen LogP contribution < -0.4 is 0 Å². The molecule has 0 nitrogen and oxygen atoms in total. The van der Waals surface area contributed by atoms with Crippen molar-refractivity contribution in [3.05, 3.63) is 114 Å². The summed E-state index contributed by atoms with van der Waals surface area (Å²) in [6, 6.07) is 15.9. The summed E-state index contributed by atoms with van der Waals surface area (Å²) in [5, 5.41) is 0. The van der Waals surface area contributed by atoms with E-state index in [1.807, 2.05) is 24.3 Å². The van der Waals surface area contributed by atoms with Crippen molar-refractivity contribution >= 4 is 5.57 Å². The maximum atomic E-state index is 15.4. The van der Waals surface area contributed by atoms with Crippen LogP contribution >= 0.6 is 0 Å². The van der Waals surface area contributed by atoms with E-state index < -0.39 is 11.6 Å². The highest BCUT2D eigenvalue weighted by Crippen LogP contribution is 2.42. The van der Waals surface area contributed by atoms with Crippen LogP contribution in [0, 0.1) is 35.2 Å². The highest BCUT2D eigenvalue weighted by atomic mass is 19.2. The molecule has 5 rings (SSSR count). The second-order valence-electron chi connectivity index (χ2n) is 12.2. The molecule has 0 amide bonds. The molecule has 1 saturated carbocycles. The average Bonchev–Trinajstić information content (AvgIpc) is 3.02. The van der Waals surface area contributed by atoms with Gasteiger partial charge in [0.1, 0.15) is 5.82 Å². The molecule has 3 aromatic rings. The largest absolute Gasteiger partial charge is 0.206 e. The summed E-state index contributed by atoms with van der Waals surface area (Å²) in [4.78, 5) is 0. The zero-order chi connectivity index (χ0) is 29.5. The minimum atomic E-state index is -0.838. The van der Waals surface area contributed by atoms with E-state index in [1.165, 1.54) is 38.5 Å². The zero-order valence-corrected chi connectivity index (χ0v) is 24.9. The van der Waals surface area contributed by atoms with E-state index in [-0.39, 0.29) is 11.4 Å². The van der Waals surface area contributed by atoms with Gasteiger partial charge in [-0.25, -0.2) is 13.2 Å². The Morgan fingerprint density at radius 1 is 0.762 bits per heavy atom. The smallest absolute Gasteiger partial charge is 0.166 e. The molecule has 0 radical (unpaired) electrons. The van der Waals surface area contributed by atoms with Gasteiger partial charge in [0.15, 0.2) is 11.6 Å². The van der Waals surface area contributed by atoms with Gasteiger partial charge in [0.05, 0.1) is 0 Å². The van der Waals surface area contributed by atoms with Crippen molar-refractivity contribution in [3.8, 4) is 22.3 Å². The fourth-order valence-electron chi connectivity index (χ4n) is 7.03. The number of halogens is 3. The summed E-state index contributed by atoms with van der Waals surface area (Å²) >= 11 is 0. The first-order valence-electron chi connectivity index (χ1n) is 15.8. The first kappa shape index (κ1) is 30.1. The van der Waals surface area contributed by atoms with Crippen LogP contribution in [0.3, 0.4) is 0 Å². The van der Waals surface area contributed by atoms with E-state index in [9.17, 15) is 8.78 Å². The van der Waals surface area contributed by atoms with Crippen molar-refractivity contribution in [1.29, 1.82) is 0 Å². The van der Waals surface area contributed by atoms with Crippen molar-refractivity contribution in [2.75, 3.05) is 0 Å². The van der Waals surface area contributed by atoms with Gasteiger partial charge in [-0.1, -0.05) is 85.7 Å². The van der Waals surface area contributed by atoms with Gasteiger partial charge in [0, 0.05) is 11.1 Å². The number of aryl methyl sites for hydroxylation is 1. The maximum Gasteiger partial charge on any atom is 0.166 e. The first-order valence-corrected chi connectivity index (χ1v) is 15.8. The molecule has 3 aromatic carbocycles. The van der Waals surface area contributed by atoms with Crippen LogP contribution in [0.25, 0.3) is 27.8 Å². The van der Waals surface area contributed by atoms with Crippen molar-refractivity contribution in [2.24, 2.45) is 17.8 Å². The van der Waals surface area contributed by atoms with Crippen molar-refractivity contribution in [2.45, 2.75) is 77.6 Å². The van der Waals surface area contributed by atoms with E-state index in [0.717, 1.165) is 53.7 Å². The molecule has 3 heteroatoms. The molecule has 0 heterocycles. The lowest BCUT2D eigenvalue weighted by Gasteiger charge is -2.35. The molecule has 0 spiro atoms. The summed E-state index contributed by atoms with van der Waals surface area (Å²) in [5.74, 6) is 0.590. The predicted octanol–water partition coefficient (Wildman–Crippen LogP) is 11.9. The van der Waals surface area contributed by atoms with Crippen LogP contribution in [0.4, 0.5) is 13.2 Å². The lowest BCUT2D eigenvalue weighted by Crippen LogP contribution is -2.23. The zero-order valence-electron chi connectivity index (χ0n) is 24.9. The number of allylic oxidation sites excluding steroid dienone is 5. The standard InChI is InChI=1S/C39H43F3/c1-3-5-7-8-27-10-12-28(13-11-27)29-14-18-31(19-15-29)35-24-23-34(26-37(35)40)30-16-20-32(21-17-30)36-25-22-33(9-6-4-2)38(41)39(36)42/h3-5,16-18,20-29H,2,6-15,19H2,1H3/b5-3+. The van der Waals surface area contributed by atoms with Crippen molar-refractivity contribution in [3.63, 3.8) is 0 Å². The van der Waals surface area contributed by atoms with E-state index >= 15 is 4.39 Å². The van der Waals surface area contributed by atoms with Gasteiger partial charge in [0.2, 0.25) is 0 Å². The lowest BCUT2D eigenvalue weighted by atomic mass is 9.70. The molecule has 220 valence electrons. The number of rotatable bonds is 10. The highest BCUT2D eigenvalue weighted by molar-refractivity contribution is 5.74. The second-order valence-corrected chi connectivity index (χ2v) is 12.2. The van der Waals surface area contributed by atoms with Gasteiger partial charge in [-0.05, 0) is 116 Å². The third kappa shape index (κ3) is 7.00. The fraction of sp³-hybridized carbons (Fsp3) is 0.385. The van der Waals surface area contributed by atoms with E-state index in [0.29, 0.717) is 29.5 Å². The molecule has 0 saturated heterocycles. The van der Waals surface area contributed by atoms with E-state index in [4.69, 9.17) is 0 Å². The molecule has 42 heavy (non-hydrogen) atoms. The summed E-state index contributed by atoms with van der Waals surface area (Å²) < 4.78 is 44.8. The van der Waals surface area contributed by atoms with Gasteiger partial charge < -0.3 is 0 Å². The summed E-state index contributed by atoms with van der Waals surface area (Å²) in [7, 11) is 0. The highest BCUT2D eigenvalue weighted by Gasteiger charge is 2.29. The Bertz CT molecular complexity index is 1420. The molecule has 0 aromatic heterocycles.